The van der Waals surface area contributed by atoms with Gasteiger partial charge in [-0.05, 0) is 56.5 Å². The van der Waals surface area contributed by atoms with Gasteiger partial charge < -0.3 is 10.5 Å². The SMILES string of the molecule is NC1CCC1=NCCCOc1cccc(CN2CCCCC2)c1. The summed E-state index contributed by atoms with van der Waals surface area (Å²) in [6, 6.07) is 8.76. The molecular formula is C19H29N3O. The second-order valence-electron chi connectivity index (χ2n) is 6.70. The van der Waals surface area contributed by atoms with E-state index >= 15 is 0 Å². The summed E-state index contributed by atoms with van der Waals surface area (Å²) in [6.07, 6.45) is 7.19. The van der Waals surface area contributed by atoms with Crippen molar-refractivity contribution < 1.29 is 4.74 Å². The molecule has 0 aromatic heterocycles. The van der Waals surface area contributed by atoms with Gasteiger partial charge in [-0.15, -0.1) is 0 Å². The molecule has 0 radical (unpaired) electrons. The molecule has 126 valence electrons. The Morgan fingerprint density at radius 3 is 2.83 bits per heavy atom. The third kappa shape index (κ3) is 5.05. The monoisotopic (exact) mass is 315 g/mol. The maximum atomic E-state index is 5.88. The van der Waals surface area contributed by atoms with E-state index in [1.54, 1.807) is 0 Å². The normalized spacial score (nSPS) is 23.7. The van der Waals surface area contributed by atoms with Crippen LogP contribution < -0.4 is 10.5 Å². The first kappa shape index (κ1) is 16.5. The molecule has 1 aromatic carbocycles. The minimum atomic E-state index is 0.224. The maximum Gasteiger partial charge on any atom is 0.119 e. The molecule has 0 bridgehead atoms. The fourth-order valence-electron chi connectivity index (χ4n) is 3.22. The van der Waals surface area contributed by atoms with E-state index in [4.69, 9.17) is 10.5 Å². The lowest BCUT2D eigenvalue weighted by molar-refractivity contribution is 0.220. The van der Waals surface area contributed by atoms with E-state index in [2.05, 4.69) is 28.1 Å². The van der Waals surface area contributed by atoms with Crippen molar-refractivity contribution >= 4 is 5.71 Å². The highest BCUT2D eigenvalue weighted by molar-refractivity contribution is 5.94. The van der Waals surface area contributed by atoms with Crippen LogP contribution >= 0.6 is 0 Å². The van der Waals surface area contributed by atoms with Crippen LogP contribution in [0.2, 0.25) is 0 Å². The van der Waals surface area contributed by atoms with Crippen LogP contribution in [0.15, 0.2) is 29.3 Å². The summed E-state index contributed by atoms with van der Waals surface area (Å²) >= 11 is 0. The molecule has 2 aliphatic rings. The van der Waals surface area contributed by atoms with Crippen molar-refractivity contribution in [2.75, 3.05) is 26.2 Å². The first-order chi connectivity index (χ1) is 11.3. The van der Waals surface area contributed by atoms with Crippen LogP contribution in [0.3, 0.4) is 0 Å². The summed E-state index contributed by atoms with van der Waals surface area (Å²) in [5, 5.41) is 0. The Bertz CT molecular complexity index is 523. The Kier molecular flexibility index (Phi) is 6.06. The minimum Gasteiger partial charge on any atom is -0.494 e. The number of likely N-dealkylation sites (tertiary alicyclic amines) is 1. The van der Waals surface area contributed by atoms with E-state index in [0.29, 0.717) is 0 Å². The second kappa shape index (κ2) is 8.46. The molecule has 1 saturated carbocycles. The molecule has 0 amide bonds. The van der Waals surface area contributed by atoms with Gasteiger partial charge in [-0.3, -0.25) is 9.89 Å². The van der Waals surface area contributed by atoms with Gasteiger partial charge in [0.15, 0.2) is 0 Å². The Morgan fingerprint density at radius 1 is 1.22 bits per heavy atom. The molecule has 4 nitrogen and oxygen atoms in total. The number of hydrogen-bond acceptors (Lipinski definition) is 4. The highest BCUT2D eigenvalue weighted by Crippen LogP contribution is 2.18. The third-order valence-electron chi connectivity index (χ3n) is 4.78. The van der Waals surface area contributed by atoms with Crippen molar-refractivity contribution in [1.29, 1.82) is 0 Å². The van der Waals surface area contributed by atoms with Crippen LogP contribution in [0.4, 0.5) is 0 Å². The Hall–Kier alpha value is -1.39. The molecule has 1 aliphatic carbocycles. The van der Waals surface area contributed by atoms with Crippen LogP contribution in [0.25, 0.3) is 0 Å². The first-order valence-corrected chi connectivity index (χ1v) is 9.04. The van der Waals surface area contributed by atoms with Gasteiger partial charge in [-0.2, -0.15) is 0 Å². The van der Waals surface area contributed by atoms with Crippen LogP contribution in [-0.4, -0.2) is 42.9 Å². The van der Waals surface area contributed by atoms with E-state index in [1.807, 2.05) is 6.07 Å². The lowest BCUT2D eigenvalue weighted by Crippen LogP contribution is -2.40. The van der Waals surface area contributed by atoms with Crippen molar-refractivity contribution in [3.05, 3.63) is 29.8 Å². The number of piperidine rings is 1. The Balaban J connectivity index is 1.39. The summed E-state index contributed by atoms with van der Waals surface area (Å²) in [5.74, 6) is 0.979. The van der Waals surface area contributed by atoms with Gasteiger partial charge in [-0.25, -0.2) is 0 Å². The third-order valence-corrected chi connectivity index (χ3v) is 4.78. The van der Waals surface area contributed by atoms with E-state index < -0.39 is 0 Å². The maximum absolute atomic E-state index is 5.88. The van der Waals surface area contributed by atoms with Gasteiger partial charge in [0.2, 0.25) is 0 Å². The van der Waals surface area contributed by atoms with E-state index in [-0.39, 0.29) is 6.04 Å². The van der Waals surface area contributed by atoms with Crippen LogP contribution in [0.1, 0.15) is 44.1 Å². The number of aliphatic imine (C=N–C) groups is 1. The number of rotatable bonds is 7. The summed E-state index contributed by atoms with van der Waals surface area (Å²) in [7, 11) is 0. The number of hydrogen-bond donors (Lipinski definition) is 1. The Labute approximate surface area is 139 Å². The second-order valence-corrected chi connectivity index (χ2v) is 6.70. The predicted molar refractivity (Wildman–Crippen MR) is 95.2 cm³/mol. The topological polar surface area (TPSA) is 50.9 Å². The highest BCUT2D eigenvalue weighted by Gasteiger charge is 2.20. The average Bonchev–Trinajstić information content (AvgIpc) is 2.58. The molecule has 1 saturated heterocycles. The number of nitrogens with two attached hydrogens (primary N) is 1. The van der Waals surface area contributed by atoms with Crippen LogP contribution in [-0.2, 0) is 6.54 Å². The van der Waals surface area contributed by atoms with Gasteiger partial charge in [-0.1, -0.05) is 18.6 Å². The molecule has 0 spiro atoms. The van der Waals surface area contributed by atoms with Crippen molar-refractivity contribution in [3.8, 4) is 5.75 Å². The molecule has 4 heteroatoms. The van der Waals surface area contributed by atoms with Crippen molar-refractivity contribution in [3.63, 3.8) is 0 Å². The van der Waals surface area contributed by atoms with Crippen molar-refractivity contribution in [1.82, 2.24) is 4.90 Å². The van der Waals surface area contributed by atoms with E-state index in [0.717, 1.165) is 44.7 Å². The van der Waals surface area contributed by atoms with Gasteiger partial charge in [0.1, 0.15) is 5.75 Å². The molecule has 1 heterocycles. The first-order valence-electron chi connectivity index (χ1n) is 9.04. The molecule has 1 atom stereocenters. The minimum absolute atomic E-state index is 0.224. The van der Waals surface area contributed by atoms with Crippen molar-refractivity contribution in [2.45, 2.75) is 51.1 Å². The van der Waals surface area contributed by atoms with E-state index in [1.165, 1.54) is 43.6 Å². The smallest absolute Gasteiger partial charge is 0.119 e. The summed E-state index contributed by atoms with van der Waals surface area (Å²) in [6.45, 7) is 5.06. The Morgan fingerprint density at radius 2 is 2.09 bits per heavy atom. The fraction of sp³-hybridized carbons (Fsp3) is 0.632. The summed E-state index contributed by atoms with van der Waals surface area (Å²) < 4.78 is 5.88. The standard InChI is InChI=1S/C19H29N3O/c20-18-8-9-19(18)21-10-5-13-23-17-7-4-6-16(14-17)15-22-11-2-1-3-12-22/h4,6-7,14,18H,1-3,5,8-13,15,20H2. The highest BCUT2D eigenvalue weighted by atomic mass is 16.5. The van der Waals surface area contributed by atoms with Crippen LogP contribution in [0.5, 0.6) is 5.75 Å². The average molecular weight is 315 g/mol. The van der Waals surface area contributed by atoms with Crippen LogP contribution in [0, 0.1) is 0 Å². The quantitative estimate of drug-likeness (QED) is 0.787. The molecule has 1 aromatic rings. The zero-order valence-corrected chi connectivity index (χ0v) is 14.0. The summed E-state index contributed by atoms with van der Waals surface area (Å²) in [5.41, 5.74) is 8.40. The molecule has 2 N–H and O–H groups in total. The fourth-order valence-corrected chi connectivity index (χ4v) is 3.22. The molecule has 1 aliphatic heterocycles. The molecule has 23 heavy (non-hydrogen) atoms. The lowest BCUT2D eigenvalue weighted by Gasteiger charge is -2.26. The van der Waals surface area contributed by atoms with E-state index in [9.17, 15) is 0 Å². The molecule has 2 fully saturated rings. The van der Waals surface area contributed by atoms with Crippen molar-refractivity contribution in [2.24, 2.45) is 10.7 Å². The number of ether oxygens (including phenoxy) is 1. The molecule has 1 unspecified atom stereocenters. The number of nitrogens with zero attached hydrogens (tertiary/aromatic N) is 2. The lowest BCUT2D eigenvalue weighted by atomic mass is 9.91. The zero-order valence-electron chi connectivity index (χ0n) is 14.0. The molecular weight excluding hydrogens is 286 g/mol. The largest absolute Gasteiger partial charge is 0.494 e. The van der Waals surface area contributed by atoms with Gasteiger partial charge in [0.05, 0.1) is 6.61 Å². The predicted octanol–water partition coefficient (Wildman–Crippen LogP) is 3.00. The number of benzene rings is 1. The van der Waals surface area contributed by atoms with Gasteiger partial charge >= 0.3 is 0 Å². The molecule has 3 rings (SSSR count). The van der Waals surface area contributed by atoms with Gasteiger partial charge in [0.25, 0.3) is 0 Å². The summed E-state index contributed by atoms with van der Waals surface area (Å²) in [4.78, 5) is 7.08. The van der Waals surface area contributed by atoms with Gasteiger partial charge in [0, 0.05) is 31.3 Å². The zero-order chi connectivity index (χ0) is 15.9.